The molecule has 0 heterocycles. The van der Waals surface area contributed by atoms with Crippen molar-refractivity contribution in [3.63, 3.8) is 0 Å². The second kappa shape index (κ2) is 5.45. The van der Waals surface area contributed by atoms with Gasteiger partial charge in [0.25, 0.3) is 0 Å². The topological polar surface area (TPSA) is 46.3 Å². The summed E-state index contributed by atoms with van der Waals surface area (Å²) in [5.74, 6) is 0.00343. The molecule has 0 aromatic rings. The molecular weight excluding hydrogens is 208 g/mol. The molecular formula is C11H22N2OS. The Kier molecular flexibility index (Phi) is 5.21. The maximum Gasteiger partial charge on any atom is 0.235 e. The summed E-state index contributed by atoms with van der Waals surface area (Å²) in [4.78, 5) is 14.1. The van der Waals surface area contributed by atoms with Crippen LogP contribution in [0.3, 0.4) is 0 Å². The van der Waals surface area contributed by atoms with Crippen molar-refractivity contribution in [2.24, 2.45) is 11.1 Å². The normalized spacial score (nSPS) is 11.6. The van der Waals surface area contributed by atoms with Crippen molar-refractivity contribution in [1.29, 1.82) is 0 Å². The third-order valence-electron chi connectivity index (χ3n) is 2.96. The standard InChI is InChI=1S/C11H22N2OS/c1-6-8(7-2)13(5)10(14)11(3,4)9(12)15/h8H,6-7H2,1-5H3,(H2,12,15). The van der Waals surface area contributed by atoms with E-state index in [1.165, 1.54) is 0 Å². The van der Waals surface area contributed by atoms with Crippen molar-refractivity contribution in [3.05, 3.63) is 0 Å². The van der Waals surface area contributed by atoms with Crippen molar-refractivity contribution in [2.75, 3.05) is 7.05 Å². The van der Waals surface area contributed by atoms with Crippen LogP contribution < -0.4 is 5.73 Å². The number of rotatable bonds is 5. The molecule has 0 fully saturated rings. The predicted octanol–water partition coefficient (Wildman–Crippen LogP) is 1.95. The highest BCUT2D eigenvalue weighted by Gasteiger charge is 2.35. The van der Waals surface area contributed by atoms with Gasteiger partial charge in [-0.1, -0.05) is 26.1 Å². The largest absolute Gasteiger partial charge is 0.392 e. The Bertz CT molecular complexity index is 247. The van der Waals surface area contributed by atoms with E-state index in [4.69, 9.17) is 18.0 Å². The number of nitrogens with two attached hydrogens (primary N) is 1. The Morgan fingerprint density at radius 3 is 2.07 bits per heavy atom. The predicted molar refractivity (Wildman–Crippen MR) is 67.7 cm³/mol. The average Bonchev–Trinajstić information content (AvgIpc) is 2.17. The molecule has 0 unspecified atom stereocenters. The van der Waals surface area contributed by atoms with Gasteiger partial charge in [-0.05, 0) is 26.7 Å². The molecule has 0 aliphatic carbocycles. The quantitative estimate of drug-likeness (QED) is 0.734. The first-order valence-electron chi connectivity index (χ1n) is 5.36. The Balaban J connectivity index is 4.78. The van der Waals surface area contributed by atoms with Crippen molar-refractivity contribution < 1.29 is 4.79 Å². The zero-order valence-corrected chi connectivity index (χ0v) is 11.1. The van der Waals surface area contributed by atoms with Crippen LogP contribution in [-0.2, 0) is 4.79 Å². The number of nitrogens with zero attached hydrogens (tertiary/aromatic N) is 1. The van der Waals surface area contributed by atoms with Gasteiger partial charge < -0.3 is 10.6 Å². The summed E-state index contributed by atoms with van der Waals surface area (Å²) in [6.45, 7) is 7.70. The highest BCUT2D eigenvalue weighted by Crippen LogP contribution is 2.21. The van der Waals surface area contributed by atoms with E-state index in [0.717, 1.165) is 12.8 Å². The number of hydrogen-bond acceptors (Lipinski definition) is 2. The summed E-state index contributed by atoms with van der Waals surface area (Å²) in [7, 11) is 1.82. The van der Waals surface area contributed by atoms with E-state index in [2.05, 4.69) is 13.8 Å². The lowest BCUT2D eigenvalue weighted by atomic mass is 9.90. The van der Waals surface area contributed by atoms with Gasteiger partial charge in [0.15, 0.2) is 0 Å². The Morgan fingerprint density at radius 1 is 1.40 bits per heavy atom. The van der Waals surface area contributed by atoms with E-state index in [1.807, 2.05) is 7.05 Å². The van der Waals surface area contributed by atoms with E-state index < -0.39 is 5.41 Å². The van der Waals surface area contributed by atoms with Gasteiger partial charge >= 0.3 is 0 Å². The first-order chi connectivity index (χ1) is 6.78. The SMILES string of the molecule is CCC(CC)N(C)C(=O)C(C)(C)C(N)=S. The van der Waals surface area contributed by atoms with Crippen LogP contribution in [-0.4, -0.2) is 28.9 Å². The van der Waals surface area contributed by atoms with Crippen molar-refractivity contribution in [3.8, 4) is 0 Å². The number of hydrogen-bond donors (Lipinski definition) is 1. The fraction of sp³-hybridized carbons (Fsp3) is 0.818. The van der Waals surface area contributed by atoms with E-state index in [9.17, 15) is 4.79 Å². The van der Waals surface area contributed by atoms with Gasteiger partial charge in [0.05, 0.1) is 10.4 Å². The molecule has 0 atom stereocenters. The zero-order valence-electron chi connectivity index (χ0n) is 10.3. The summed E-state index contributed by atoms with van der Waals surface area (Å²) in [6, 6.07) is 0.270. The molecule has 1 amide bonds. The molecule has 0 rings (SSSR count). The van der Waals surface area contributed by atoms with Gasteiger partial charge in [-0.25, -0.2) is 0 Å². The van der Waals surface area contributed by atoms with Gasteiger partial charge in [0.2, 0.25) is 5.91 Å². The molecule has 2 N–H and O–H groups in total. The molecule has 0 aliphatic rings. The summed E-state index contributed by atoms with van der Waals surface area (Å²) in [5.41, 5.74) is 4.83. The third kappa shape index (κ3) is 3.16. The number of amides is 1. The fourth-order valence-electron chi connectivity index (χ4n) is 1.55. The number of thiocarbonyl (C=S) groups is 1. The minimum Gasteiger partial charge on any atom is -0.392 e. The molecule has 15 heavy (non-hydrogen) atoms. The van der Waals surface area contributed by atoms with E-state index in [0.29, 0.717) is 0 Å². The Labute approximate surface area is 98.0 Å². The first-order valence-corrected chi connectivity index (χ1v) is 5.76. The highest BCUT2D eigenvalue weighted by molar-refractivity contribution is 7.80. The van der Waals surface area contributed by atoms with Crippen LogP contribution in [0.5, 0.6) is 0 Å². The molecule has 0 spiro atoms. The fourth-order valence-corrected chi connectivity index (χ4v) is 1.64. The summed E-state index contributed by atoms with van der Waals surface area (Å²) >= 11 is 4.92. The molecule has 4 heteroatoms. The first kappa shape index (κ1) is 14.4. The van der Waals surface area contributed by atoms with Gasteiger partial charge in [0, 0.05) is 13.1 Å². The van der Waals surface area contributed by atoms with E-state index in [1.54, 1.807) is 18.7 Å². The molecule has 0 aromatic heterocycles. The molecule has 3 nitrogen and oxygen atoms in total. The molecule has 0 aromatic carbocycles. The van der Waals surface area contributed by atoms with Crippen molar-refractivity contribution in [2.45, 2.75) is 46.6 Å². The second-order valence-electron chi connectivity index (χ2n) is 4.38. The Hall–Kier alpha value is -0.640. The maximum atomic E-state index is 12.1. The molecule has 0 radical (unpaired) electrons. The molecule has 0 aliphatic heterocycles. The highest BCUT2D eigenvalue weighted by atomic mass is 32.1. The summed E-state index contributed by atoms with van der Waals surface area (Å²) in [6.07, 6.45) is 1.90. The van der Waals surface area contributed by atoms with Crippen molar-refractivity contribution >= 4 is 23.1 Å². The smallest absolute Gasteiger partial charge is 0.235 e. The summed E-state index contributed by atoms with van der Waals surface area (Å²) < 4.78 is 0. The molecule has 88 valence electrons. The third-order valence-corrected chi connectivity index (χ3v) is 3.47. The monoisotopic (exact) mass is 230 g/mol. The van der Waals surface area contributed by atoms with Crippen LogP contribution in [0.4, 0.5) is 0 Å². The molecule has 0 bridgehead atoms. The van der Waals surface area contributed by atoms with Crippen LogP contribution in [0.2, 0.25) is 0 Å². The lowest BCUT2D eigenvalue weighted by molar-refractivity contribution is -0.137. The summed E-state index contributed by atoms with van der Waals surface area (Å²) in [5, 5.41) is 0. The second-order valence-corrected chi connectivity index (χ2v) is 4.82. The average molecular weight is 230 g/mol. The van der Waals surface area contributed by atoms with E-state index >= 15 is 0 Å². The van der Waals surface area contributed by atoms with Crippen LogP contribution in [0.1, 0.15) is 40.5 Å². The van der Waals surface area contributed by atoms with Crippen LogP contribution >= 0.6 is 12.2 Å². The van der Waals surface area contributed by atoms with Crippen molar-refractivity contribution in [1.82, 2.24) is 4.90 Å². The molecule has 0 saturated carbocycles. The minimum absolute atomic E-state index is 0.00343. The lowest BCUT2D eigenvalue weighted by Crippen LogP contribution is -2.49. The van der Waals surface area contributed by atoms with Crippen LogP contribution in [0.15, 0.2) is 0 Å². The number of carbonyl (C=O) groups excluding carboxylic acids is 1. The van der Waals surface area contributed by atoms with Crippen LogP contribution in [0.25, 0.3) is 0 Å². The van der Waals surface area contributed by atoms with Gasteiger partial charge in [-0.15, -0.1) is 0 Å². The maximum absolute atomic E-state index is 12.1. The van der Waals surface area contributed by atoms with Crippen LogP contribution in [0, 0.1) is 5.41 Å². The zero-order chi connectivity index (χ0) is 12.2. The Morgan fingerprint density at radius 2 is 1.80 bits per heavy atom. The number of carbonyl (C=O) groups is 1. The molecule has 0 saturated heterocycles. The van der Waals surface area contributed by atoms with Gasteiger partial charge in [0.1, 0.15) is 0 Å². The van der Waals surface area contributed by atoms with Gasteiger partial charge in [-0.3, -0.25) is 4.79 Å². The minimum atomic E-state index is -0.743. The van der Waals surface area contributed by atoms with E-state index in [-0.39, 0.29) is 16.9 Å². The lowest BCUT2D eigenvalue weighted by Gasteiger charge is -2.33. The van der Waals surface area contributed by atoms with Gasteiger partial charge in [-0.2, -0.15) is 0 Å².